The molecule has 0 bridgehead atoms. The van der Waals surface area contributed by atoms with Crippen LogP contribution in [0.15, 0.2) is 35.2 Å². The number of urea groups is 1. The summed E-state index contributed by atoms with van der Waals surface area (Å²) in [6.07, 6.45) is 0. The summed E-state index contributed by atoms with van der Waals surface area (Å²) in [5, 5.41) is 2.32. The number of carbonyl (C=O) groups is 1. The molecule has 2 amide bonds. The van der Waals surface area contributed by atoms with Crippen LogP contribution < -0.4 is 5.32 Å². The first kappa shape index (κ1) is 12.5. The standard InChI is InChI=1S/C10H14N2O3S/c1-12(2)10(13)11-8-16(14,15)9-6-4-3-5-7-9/h3-7H,8H2,1-2H3,(H,11,13). The molecule has 0 unspecified atom stereocenters. The van der Waals surface area contributed by atoms with Crippen molar-refractivity contribution in [3.8, 4) is 0 Å². The molecule has 0 fully saturated rings. The van der Waals surface area contributed by atoms with Gasteiger partial charge in [0, 0.05) is 14.1 Å². The minimum Gasteiger partial charge on any atom is -0.331 e. The van der Waals surface area contributed by atoms with Crippen LogP contribution in [0.25, 0.3) is 0 Å². The molecule has 0 aliphatic heterocycles. The number of carbonyl (C=O) groups excluding carboxylic acids is 1. The van der Waals surface area contributed by atoms with Gasteiger partial charge in [-0.05, 0) is 12.1 Å². The van der Waals surface area contributed by atoms with E-state index in [0.29, 0.717) is 0 Å². The smallest absolute Gasteiger partial charge is 0.317 e. The molecular weight excluding hydrogens is 228 g/mol. The molecule has 1 aromatic rings. The lowest BCUT2D eigenvalue weighted by molar-refractivity contribution is 0.219. The van der Waals surface area contributed by atoms with Gasteiger partial charge in [-0.15, -0.1) is 0 Å². The number of hydrogen-bond acceptors (Lipinski definition) is 3. The highest BCUT2D eigenvalue weighted by Crippen LogP contribution is 2.08. The minimum absolute atomic E-state index is 0.203. The Bertz CT molecular complexity index is 454. The molecule has 0 radical (unpaired) electrons. The Balaban J connectivity index is 2.71. The first-order valence-corrected chi connectivity index (χ1v) is 6.31. The lowest BCUT2D eigenvalue weighted by Crippen LogP contribution is -2.37. The quantitative estimate of drug-likeness (QED) is 0.848. The van der Waals surface area contributed by atoms with Crippen LogP contribution >= 0.6 is 0 Å². The number of amides is 2. The molecule has 1 rings (SSSR count). The summed E-state index contributed by atoms with van der Waals surface area (Å²) in [6.45, 7) is 0. The monoisotopic (exact) mass is 242 g/mol. The van der Waals surface area contributed by atoms with Crippen LogP contribution in [0.3, 0.4) is 0 Å². The molecule has 6 heteroatoms. The average Bonchev–Trinajstić information content (AvgIpc) is 2.27. The van der Waals surface area contributed by atoms with Gasteiger partial charge < -0.3 is 10.2 Å². The third-order valence-corrected chi connectivity index (χ3v) is 3.44. The van der Waals surface area contributed by atoms with Gasteiger partial charge in [-0.25, -0.2) is 13.2 Å². The van der Waals surface area contributed by atoms with Crippen molar-refractivity contribution in [1.29, 1.82) is 0 Å². The SMILES string of the molecule is CN(C)C(=O)NCS(=O)(=O)c1ccccc1. The number of benzene rings is 1. The fourth-order valence-electron chi connectivity index (χ4n) is 1.03. The molecule has 0 aromatic heterocycles. The molecule has 0 aliphatic carbocycles. The van der Waals surface area contributed by atoms with Crippen molar-refractivity contribution in [3.05, 3.63) is 30.3 Å². The van der Waals surface area contributed by atoms with Gasteiger partial charge in [0.25, 0.3) is 0 Å². The third-order valence-electron chi connectivity index (χ3n) is 1.92. The zero-order chi connectivity index (χ0) is 12.2. The number of nitrogens with zero attached hydrogens (tertiary/aromatic N) is 1. The number of rotatable bonds is 3. The maximum absolute atomic E-state index is 11.7. The zero-order valence-corrected chi connectivity index (χ0v) is 9.99. The van der Waals surface area contributed by atoms with Gasteiger partial charge in [-0.2, -0.15) is 0 Å². The van der Waals surface area contributed by atoms with Crippen molar-refractivity contribution < 1.29 is 13.2 Å². The fourth-order valence-corrected chi connectivity index (χ4v) is 2.08. The van der Waals surface area contributed by atoms with E-state index < -0.39 is 21.7 Å². The second-order valence-electron chi connectivity index (χ2n) is 3.45. The molecule has 0 atom stereocenters. The normalized spacial score (nSPS) is 10.9. The maximum Gasteiger partial charge on any atom is 0.317 e. The second kappa shape index (κ2) is 4.98. The van der Waals surface area contributed by atoms with Crippen LogP contribution in [0.5, 0.6) is 0 Å². The van der Waals surface area contributed by atoms with Crippen LogP contribution in [0, 0.1) is 0 Å². The van der Waals surface area contributed by atoms with Crippen molar-refractivity contribution >= 4 is 15.9 Å². The Labute approximate surface area is 95.0 Å². The summed E-state index contributed by atoms with van der Waals surface area (Å²) in [7, 11) is -0.355. The van der Waals surface area contributed by atoms with Crippen molar-refractivity contribution in [2.24, 2.45) is 0 Å². The van der Waals surface area contributed by atoms with Crippen LogP contribution in [0.2, 0.25) is 0 Å². The van der Waals surface area contributed by atoms with Crippen LogP contribution in [-0.4, -0.2) is 39.3 Å². The highest BCUT2D eigenvalue weighted by atomic mass is 32.2. The first-order valence-electron chi connectivity index (χ1n) is 4.66. The largest absolute Gasteiger partial charge is 0.331 e. The Hall–Kier alpha value is -1.56. The second-order valence-corrected chi connectivity index (χ2v) is 5.44. The molecule has 0 saturated carbocycles. The summed E-state index contributed by atoms with van der Waals surface area (Å²) in [5.74, 6) is -0.395. The number of hydrogen-bond donors (Lipinski definition) is 1. The molecule has 0 spiro atoms. The molecule has 5 nitrogen and oxygen atoms in total. The lowest BCUT2D eigenvalue weighted by Gasteiger charge is -2.12. The van der Waals surface area contributed by atoms with E-state index >= 15 is 0 Å². The fraction of sp³-hybridized carbons (Fsp3) is 0.300. The van der Waals surface area contributed by atoms with Crippen molar-refractivity contribution in [1.82, 2.24) is 10.2 Å². The average molecular weight is 242 g/mol. The van der Waals surface area contributed by atoms with Crippen molar-refractivity contribution in [3.63, 3.8) is 0 Å². The molecule has 0 heterocycles. The van der Waals surface area contributed by atoms with Crippen LogP contribution in [-0.2, 0) is 9.84 Å². The lowest BCUT2D eigenvalue weighted by atomic mass is 10.4. The first-order chi connectivity index (χ1) is 7.43. The van der Waals surface area contributed by atoms with Gasteiger partial charge >= 0.3 is 6.03 Å². The summed E-state index contributed by atoms with van der Waals surface area (Å²) in [6, 6.07) is 7.58. The van der Waals surface area contributed by atoms with E-state index in [1.807, 2.05) is 0 Å². The van der Waals surface area contributed by atoms with Crippen molar-refractivity contribution in [2.45, 2.75) is 4.90 Å². The van der Waals surface area contributed by atoms with E-state index in [-0.39, 0.29) is 4.90 Å². The maximum atomic E-state index is 11.7. The van der Waals surface area contributed by atoms with E-state index in [2.05, 4.69) is 5.32 Å². The van der Waals surface area contributed by atoms with E-state index in [0.717, 1.165) is 0 Å². The Morgan fingerprint density at radius 3 is 2.31 bits per heavy atom. The van der Waals surface area contributed by atoms with E-state index in [1.54, 1.807) is 32.3 Å². The van der Waals surface area contributed by atoms with Gasteiger partial charge in [0.15, 0.2) is 9.84 Å². The Kier molecular flexibility index (Phi) is 3.89. The van der Waals surface area contributed by atoms with Gasteiger partial charge in [0.1, 0.15) is 5.88 Å². The van der Waals surface area contributed by atoms with E-state index in [4.69, 9.17) is 0 Å². The van der Waals surface area contributed by atoms with Gasteiger partial charge in [0.05, 0.1) is 4.90 Å². The summed E-state index contributed by atoms with van der Waals surface area (Å²) in [5.41, 5.74) is 0. The summed E-state index contributed by atoms with van der Waals surface area (Å²) < 4.78 is 23.5. The molecule has 1 aromatic carbocycles. The molecule has 1 N–H and O–H groups in total. The van der Waals surface area contributed by atoms with E-state index in [9.17, 15) is 13.2 Å². The molecular formula is C10H14N2O3S. The topological polar surface area (TPSA) is 66.5 Å². The number of sulfone groups is 1. The molecule has 16 heavy (non-hydrogen) atoms. The highest BCUT2D eigenvalue weighted by molar-refractivity contribution is 7.91. The molecule has 0 aliphatic rings. The molecule has 88 valence electrons. The minimum atomic E-state index is -3.45. The Morgan fingerprint density at radius 1 is 1.25 bits per heavy atom. The van der Waals surface area contributed by atoms with Gasteiger partial charge in [-0.1, -0.05) is 18.2 Å². The van der Waals surface area contributed by atoms with Gasteiger partial charge in [-0.3, -0.25) is 0 Å². The van der Waals surface area contributed by atoms with Crippen LogP contribution in [0.4, 0.5) is 4.79 Å². The molecule has 0 saturated heterocycles. The Morgan fingerprint density at radius 2 is 1.81 bits per heavy atom. The zero-order valence-electron chi connectivity index (χ0n) is 9.17. The predicted octanol–water partition coefficient (Wildman–Crippen LogP) is 0.689. The number of nitrogens with one attached hydrogen (secondary N) is 1. The van der Waals surface area contributed by atoms with Crippen LogP contribution in [0.1, 0.15) is 0 Å². The summed E-state index contributed by atoms with van der Waals surface area (Å²) >= 11 is 0. The predicted molar refractivity (Wildman–Crippen MR) is 60.7 cm³/mol. The summed E-state index contributed by atoms with van der Waals surface area (Å²) in [4.78, 5) is 12.7. The van der Waals surface area contributed by atoms with Crippen molar-refractivity contribution in [2.75, 3.05) is 20.0 Å². The highest BCUT2D eigenvalue weighted by Gasteiger charge is 2.15. The van der Waals surface area contributed by atoms with Gasteiger partial charge in [0.2, 0.25) is 0 Å². The van der Waals surface area contributed by atoms with E-state index in [1.165, 1.54) is 17.0 Å². The third kappa shape index (κ3) is 3.23.